The molecule has 57 valence electrons. The van der Waals surface area contributed by atoms with Gasteiger partial charge in [0, 0.05) is 4.47 Å². The second kappa shape index (κ2) is 3.53. The largest absolute Gasteiger partial charge is 0.317 e. The topological polar surface area (TPSA) is 29.1 Å². The summed E-state index contributed by atoms with van der Waals surface area (Å²) < 4.78 is 0.876. The van der Waals surface area contributed by atoms with Crippen LogP contribution in [0.1, 0.15) is 5.56 Å². The predicted molar refractivity (Wildman–Crippen MR) is 48.2 cm³/mol. The van der Waals surface area contributed by atoms with Crippen molar-refractivity contribution < 1.29 is 4.79 Å². The molecular formula is C8H7BrNO. The lowest BCUT2D eigenvalue weighted by Crippen LogP contribution is -1.94. The Morgan fingerprint density at radius 1 is 1.55 bits per heavy atom. The van der Waals surface area contributed by atoms with Gasteiger partial charge in [0.1, 0.15) is 0 Å². The first-order valence-corrected chi connectivity index (χ1v) is 3.92. The third kappa shape index (κ3) is 2.05. The Morgan fingerprint density at radius 2 is 2.27 bits per heavy atom. The van der Waals surface area contributed by atoms with Crippen LogP contribution in [0.3, 0.4) is 0 Å². The van der Waals surface area contributed by atoms with Crippen molar-refractivity contribution in [3.63, 3.8) is 0 Å². The fraction of sp³-hybridized carbons (Fsp3) is 0.125. The number of hydrogen-bond acceptors (Lipinski definition) is 1. The van der Waals surface area contributed by atoms with Gasteiger partial charge >= 0.3 is 6.41 Å². The van der Waals surface area contributed by atoms with Crippen LogP contribution in [-0.2, 0) is 4.79 Å². The zero-order chi connectivity index (χ0) is 8.27. The average Bonchev–Trinajstić information content (AvgIpc) is 1.95. The van der Waals surface area contributed by atoms with Gasteiger partial charge in [0.15, 0.2) is 0 Å². The molecule has 1 radical (unpaired) electrons. The molecule has 11 heavy (non-hydrogen) atoms. The van der Waals surface area contributed by atoms with Crippen molar-refractivity contribution in [3.8, 4) is 0 Å². The molecular weight excluding hydrogens is 206 g/mol. The number of carbonyl (C=O) groups excluding carboxylic acids is 1. The van der Waals surface area contributed by atoms with Crippen LogP contribution in [0.4, 0.5) is 5.69 Å². The molecule has 1 aromatic carbocycles. The minimum absolute atomic E-state index is 0.741. The van der Waals surface area contributed by atoms with Crippen LogP contribution in [0.5, 0.6) is 0 Å². The number of benzene rings is 1. The van der Waals surface area contributed by atoms with Gasteiger partial charge in [-0.3, -0.25) is 4.79 Å². The molecule has 1 rings (SSSR count). The number of amides is 1. The summed E-state index contributed by atoms with van der Waals surface area (Å²) in [6.07, 6.45) is 1.61. The fourth-order valence-electron chi connectivity index (χ4n) is 0.776. The molecule has 0 bridgehead atoms. The first-order chi connectivity index (χ1) is 5.24. The summed E-state index contributed by atoms with van der Waals surface area (Å²) in [7, 11) is 0. The van der Waals surface area contributed by atoms with Crippen molar-refractivity contribution in [2.75, 3.05) is 5.32 Å². The molecule has 0 aromatic heterocycles. The average molecular weight is 213 g/mol. The zero-order valence-electron chi connectivity index (χ0n) is 6.02. The van der Waals surface area contributed by atoms with Crippen molar-refractivity contribution in [2.45, 2.75) is 6.92 Å². The maximum atomic E-state index is 9.95. The van der Waals surface area contributed by atoms with Crippen molar-refractivity contribution in [1.29, 1.82) is 0 Å². The highest BCUT2D eigenvalue weighted by molar-refractivity contribution is 9.10. The summed E-state index contributed by atoms with van der Waals surface area (Å²) >= 11 is 3.31. The lowest BCUT2D eigenvalue weighted by molar-refractivity contribution is 0.561. The Morgan fingerprint density at radius 3 is 2.82 bits per heavy atom. The Hall–Kier alpha value is -0.830. The monoisotopic (exact) mass is 212 g/mol. The molecule has 1 aromatic rings. The molecule has 0 aliphatic heterocycles. The molecule has 1 amide bonds. The number of hydrogen-bond donors (Lipinski definition) is 1. The summed E-state index contributed by atoms with van der Waals surface area (Å²) in [6, 6.07) is 5.68. The van der Waals surface area contributed by atoms with E-state index in [9.17, 15) is 4.79 Å². The van der Waals surface area contributed by atoms with E-state index in [4.69, 9.17) is 0 Å². The van der Waals surface area contributed by atoms with E-state index in [2.05, 4.69) is 21.2 Å². The number of aryl methyl sites for hydroxylation is 1. The first-order valence-electron chi connectivity index (χ1n) is 3.13. The van der Waals surface area contributed by atoms with Crippen LogP contribution < -0.4 is 5.32 Å². The highest BCUT2D eigenvalue weighted by atomic mass is 79.9. The second-order valence-corrected chi connectivity index (χ2v) is 3.06. The minimum Gasteiger partial charge on any atom is -0.317 e. The van der Waals surface area contributed by atoms with Gasteiger partial charge in [0.2, 0.25) is 0 Å². The van der Waals surface area contributed by atoms with Gasteiger partial charge in [-0.15, -0.1) is 0 Å². The zero-order valence-corrected chi connectivity index (χ0v) is 7.60. The summed E-state index contributed by atoms with van der Waals surface area (Å²) in [5.41, 5.74) is 1.89. The molecule has 0 aliphatic carbocycles. The Bertz CT molecular complexity index is 273. The van der Waals surface area contributed by atoms with Crippen LogP contribution in [0.2, 0.25) is 0 Å². The van der Waals surface area contributed by atoms with Gasteiger partial charge in [0.25, 0.3) is 0 Å². The minimum atomic E-state index is 0.741. The van der Waals surface area contributed by atoms with Gasteiger partial charge in [-0.05, 0) is 40.5 Å². The SMILES string of the molecule is Cc1ccc(N[C]=O)c(Br)c1. The van der Waals surface area contributed by atoms with E-state index in [0.717, 1.165) is 15.7 Å². The third-order valence-corrected chi connectivity index (χ3v) is 1.97. The van der Waals surface area contributed by atoms with Gasteiger partial charge in [-0.1, -0.05) is 6.07 Å². The van der Waals surface area contributed by atoms with Crippen LogP contribution in [-0.4, -0.2) is 6.41 Å². The number of anilines is 1. The smallest absolute Gasteiger partial charge is 0.314 e. The van der Waals surface area contributed by atoms with Gasteiger partial charge in [-0.25, -0.2) is 0 Å². The highest BCUT2D eigenvalue weighted by Gasteiger charge is 1.96. The lowest BCUT2D eigenvalue weighted by Gasteiger charge is -2.01. The van der Waals surface area contributed by atoms with Crippen LogP contribution in [0.15, 0.2) is 22.7 Å². The van der Waals surface area contributed by atoms with Crippen LogP contribution in [0, 0.1) is 6.92 Å². The van der Waals surface area contributed by atoms with Gasteiger partial charge in [-0.2, -0.15) is 0 Å². The predicted octanol–water partition coefficient (Wildman–Crippen LogP) is 2.24. The molecule has 0 heterocycles. The first kappa shape index (κ1) is 8.27. The van der Waals surface area contributed by atoms with Gasteiger partial charge in [0.05, 0.1) is 5.69 Å². The number of nitrogens with one attached hydrogen (secondary N) is 1. The second-order valence-electron chi connectivity index (χ2n) is 2.21. The highest BCUT2D eigenvalue weighted by Crippen LogP contribution is 2.22. The summed E-state index contributed by atoms with van der Waals surface area (Å²) in [5.74, 6) is 0. The molecule has 0 saturated heterocycles. The van der Waals surface area contributed by atoms with E-state index in [1.165, 1.54) is 0 Å². The van der Waals surface area contributed by atoms with E-state index in [-0.39, 0.29) is 0 Å². The van der Waals surface area contributed by atoms with Crippen molar-refractivity contribution in [2.24, 2.45) is 0 Å². The molecule has 2 nitrogen and oxygen atoms in total. The van der Waals surface area contributed by atoms with E-state index in [1.807, 2.05) is 25.1 Å². The molecule has 0 unspecified atom stereocenters. The molecule has 0 atom stereocenters. The Kier molecular flexibility index (Phi) is 2.65. The molecule has 3 heteroatoms. The fourth-order valence-corrected chi connectivity index (χ4v) is 1.37. The standard InChI is InChI=1S/C8H7BrNO/c1-6-2-3-8(10-5-11)7(9)4-6/h2-4H,1H3,(H,10,11). The van der Waals surface area contributed by atoms with Crippen molar-refractivity contribution >= 4 is 28.0 Å². The molecule has 0 aliphatic rings. The van der Waals surface area contributed by atoms with Crippen molar-refractivity contribution in [1.82, 2.24) is 0 Å². The van der Waals surface area contributed by atoms with E-state index >= 15 is 0 Å². The molecule has 0 spiro atoms. The molecule has 1 N–H and O–H groups in total. The lowest BCUT2D eigenvalue weighted by atomic mass is 10.2. The quantitative estimate of drug-likeness (QED) is 0.750. The summed E-state index contributed by atoms with van der Waals surface area (Å²) in [5, 5.41) is 2.45. The summed E-state index contributed by atoms with van der Waals surface area (Å²) in [4.78, 5) is 9.95. The van der Waals surface area contributed by atoms with Crippen LogP contribution in [0.25, 0.3) is 0 Å². The van der Waals surface area contributed by atoms with Crippen molar-refractivity contribution in [3.05, 3.63) is 28.2 Å². The Balaban J connectivity index is 2.98. The van der Waals surface area contributed by atoms with E-state index in [0.29, 0.717) is 0 Å². The number of rotatable bonds is 2. The number of halogens is 1. The summed E-state index contributed by atoms with van der Waals surface area (Å²) in [6.45, 7) is 1.99. The molecule has 0 saturated carbocycles. The van der Waals surface area contributed by atoms with Gasteiger partial charge < -0.3 is 5.32 Å². The normalized spacial score (nSPS) is 9.27. The van der Waals surface area contributed by atoms with E-state index < -0.39 is 0 Å². The maximum absolute atomic E-state index is 9.95. The van der Waals surface area contributed by atoms with E-state index in [1.54, 1.807) is 6.41 Å². The Labute approximate surface area is 73.7 Å². The van der Waals surface area contributed by atoms with Crippen LogP contribution >= 0.6 is 15.9 Å². The molecule has 0 fully saturated rings. The maximum Gasteiger partial charge on any atom is 0.314 e. The third-order valence-electron chi connectivity index (χ3n) is 1.31.